The number of aromatic nitrogens is 1. The maximum Gasteiger partial charge on any atom is 0.338 e. The van der Waals surface area contributed by atoms with Crippen molar-refractivity contribution in [2.75, 3.05) is 18.6 Å². The number of ether oxygens (including phenoxy) is 1. The fraction of sp³-hybridized carbons (Fsp3) is 0.294. The molecule has 4 heteroatoms. The Bertz CT molecular complexity index is 682. The van der Waals surface area contributed by atoms with Crippen molar-refractivity contribution in [3.8, 4) is 0 Å². The molecule has 4 nitrogen and oxygen atoms in total. The lowest BCUT2D eigenvalue weighted by molar-refractivity contribution is 0.0600. The zero-order valence-electron chi connectivity index (χ0n) is 12.3. The van der Waals surface area contributed by atoms with Crippen LogP contribution in [0.15, 0.2) is 36.5 Å². The number of anilines is 2. The van der Waals surface area contributed by atoms with Crippen molar-refractivity contribution < 1.29 is 9.53 Å². The van der Waals surface area contributed by atoms with E-state index in [9.17, 15) is 4.79 Å². The van der Waals surface area contributed by atoms with Gasteiger partial charge in [-0.2, -0.15) is 0 Å². The monoisotopic (exact) mass is 282 g/mol. The van der Waals surface area contributed by atoms with Crippen LogP contribution in [0.2, 0.25) is 0 Å². The second kappa shape index (κ2) is 5.56. The Morgan fingerprint density at radius 3 is 2.95 bits per heavy atom. The number of fused-ring (bicyclic) bond motifs is 1. The van der Waals surface area contributed by atoms with Crippen LogP contribution in [-0.2, 0) is 11.2 Å². The van der Waals surface area contributed by atoms with E-state index in [1.165, 1.54) is 23.9 Å². The Kier molecular flexibility index (Phi) is 3.60. The lowest BCUT2D eigenvalue weighted by Crippen LogP contribution is -2.25. The first-order valence-corrected chi connectivity index (χ1v) is 7.10. The smallest absolute Gasteiger partial charge is 0.338 e. The highest BCUT2D eigenvalue weighted by molar-refractivity contribution is 5.90. The molecule has 0 amide bonds. The predicted octanol–water partition coefficient (Wildman–Crippen LogP) is 3.26. The van der Waals surface area contributed by atoms with Crippen molar-refractivity contribution in [1.29, 1.82) is 0 Å². The number of methoxy groups -OCH3 is 1. The van der Waals surface area contributed by atoms with Crippen molar-refractivity contribution >= 4 is 17.5 Å². The summed E-state index contributed by atoms with van der Waals surface area (Å²) in [6.07, 6.45) is 3.83. The Hall–Kier alpha value is -2.36. The minimum Gasteiger partial charge on any atom is -0.465 e. The SMILES string of the molecule is COC(=O)c1ccnc(N2CCCc3cc(C)ccc32)c1. The van der Waals surface area contributed by atoms with E-state index in [0.717, 1.165) is 25.2 Å². The van der Waals surface area contributed by atoms with Gasteiger partial charge in [0.15, 0.2) is 0 Å². The molecule has 1 aliphatic rings. The lowest BCUT2D eigenvalue weighted by Gasteiger charge is -2.30. The van der Waals surface area contributed by atoms with Crippen molar-refractivity contribution in [3.05, 3.63) is 53.2 Å². The minimum atomic E-state index is -0.334. The normalized spacial score (nSPS) is 13.7. The molecule has 0 N–H and O–H groups in total. The van der Waals surface area contributed by atoms with Gasteiger partial charge in [-0.15, -0.1) is 0 Å². The van der Waals surface area contributed by atoms with Gasteiger partial charge in [-0.05, 0) is 43.5 Å². The Morgan fingerprint density at radius 1 is 1.29 bits per heavy atom. The average molecular weight is 282 g/mol. The van der Waals surface area contributed by atoms with Gasteiger partial charge >= 0.3 is 5.97 Å². The van der Waals surface area contributed by atoms with Crippen LogP contribution in [0, 0.1) is 6.92 Å². The molecule has 0 fully saturated rings. The van der Waals surface area contributed by atoms with Gasteiger partial charge in [0.2, 0.25) is 0 Å². The number of carbonyl (C=O) groups excluding carboxylic acids is 1. The van der Waals surface area contributed by atoms with Crippen LogP contribution in [-0.4, -0.2) is 24.6 Å². The van der Waals surface area contributed by atoms with E-state index >= 15 is 0 Å². The number of benzene rings is 1. The van der Waals surface area contributed by atoms with Gasteiger partial charge in [0.05, 0.1) is 12.7 Å². The molecule has 2 heterocycles. The summed E-state index contributed by atoms with van der Waals surface area (Å²) in [5.41, 5.74) is 4.32. The van der Waals surface area contributed by atoms with E-state index in [-0.39, 0.29) is 5.97 Å². The summed E-state index contributed by atoms with van der Waals surface area (Å²) in [5, 5.41) is 0. The molecule has 0 spiro atoms. The summed E-state index contributed by atoms with van der Waals surface area (Å²) in [6, 6.07) is 9.94. The summed E-state index contributed by atoms with van der Waals surface area (Å²) < 4.78 is 4.78. The molecule has 0 unspecified atom stereocenters. The first-order valence-electron chi connectivity index (χ1n) is 7.10. The number of hydrogen-bond donors (Lipinski definition) is 0. The fourth-order valence-electron chi connectivity index (χ4n) is 2.77. The Morgan fingerprint density at radius 2 is 2.14 bits per heavy atom. The summed E-state index contributed by atoms with van der Waals surface area (Å²) in [7, 11) is 1.39. The van der Waals surface area contributed by atoms with Crippen LogP contribution in [0.25, 0.3) is 0 Å². The predicted molar refractivity (Wildman–Crippen MR) is 82.1 cm³/mol. The Balaban J connectivity index is 2.01. The summed E-state index contributed by atoms with van der Waals surface area (Å²) >= 11 is 0. The maximum atomic E-state index is 11.7. The molecular weight excluding hydrogens is 264 g/mol. The van der Waals surface area contributed by atoms with Gasteiger partial charge in [0.25, 0.3) is 0 Å². The maximum absolute atomic E-state index is 11.7. The van der Waals surface area contributed by atoms with Crippen LogP contribution in [0.5, 0.6) is 0 Å². The number of hydrogen-bond acceptors (Lipinski definition) is 4. The third-order valence-electron chi connectivity index (χ3n) is 3.80. The van der Waals surface area contributed by atoms with E-state index in [0.29, 0.717) is 5.56 Å². The third kappa shape index (κ3) is 2.61. The third-order valence-corrected chi connectivity index (χ3v) is 3.80. The summed E-state index contributed by atoms with van der Waals surface area (Å²) in [6.45, 7) is 3.02. The number of esters is 1. The fourth-order valence-corrected chi connectivity index (χ4v) is 2.77. The molecule has 1 aromatic carbocycles. The van der Waals surface area contributed by atoms with Crippen LogP contribution >= 0.6 is 0 Å². The van der Waals surface area contributed by atoms with E-state index in [4.69, 9.17) is 4.74 Å². The zero-order chi connectivity index (χ0) is 14.8. The quantitative estimate of drug-likeness (QED) is 0.793. The van der Waals surface area contributed by atoms with Crippen LogP contribution in [0.4, 0.5) is 11.5 Å². The van der Waals surface area contributed by atoms with Crippen LogP contribution in [0.1, 0.15) is 27.9 Å². The number of aryl methyl sites for hydroxylation is 2. The molecule has 0 aliphatic carbocycles. The molecule has 0 bridgehead atoms. The molecule has 3 rings (SSSR count). The molecule has 0 radical (unpaired) electrons. The molecule has 1 aliphatic heterocycles. The van der Waals surface area contributed by atoms with E-state index in [2.05, 4.69) is 35.0 Å². The molecule has 0 saturated carbocycles. The van der Waals surface area contributed by atoms with Gasteiger partial charge in [0.1, 0.15) is 5.82 Å². The average Bonchev–Trinajstić information content (AvgIpc) is 2.53. The first-order chi connectivity index (χ1) is 10.2. The molecule has 108 valence electrons. The highest BCUT2D eigenvalue weighted by atomic mass is 16.5. The molecule has 0 atom stereocenters. The zero-order valence-corrected chi connectivity index (χ0v) is 12.3. The topological polar surface area (TPSA) is 42.4 Å². The minimum absolute atomic E-state index is 0.334. The van der Waals surface area contributed by atoms with E-state index < -0.39 is 0 Å². The molecule has 0 saturated heterocycles. The molecule has 21 heavy (non-hydrogen) atoms. The highest BCUT2D eigenvalue weighted by Gasteiger charge is 2.20. The van der Waals surface area contributed by atoms with Crippen LogP contribution < -0.4 is 4.90 Å². The standard InChI is InChI=1S/C17H18N2O2/c1-12-5-6-15-13(10-12)4-3-9-19(15)16-11-14(7-8-18-16)17(20)21-2/h5-8,10-11H,3-4,9H2,1-2H3. The number of carbonyl (C=O) groups is 1. The summed E-state index contributed by atoms with van der Waals surface area (Å²) in [4.78, 5) is 18.3. The first kappa shape index (κ1) is 13.6. The van der Waals surface area contributed by atoms with Crippen molar-refractivity contribution in [2.24, 2.45) is 0 Å². The van der Waals surface area contributed by atoms with Gasteiger partial charge < -0.3 is 9.64 Å². The number of nitrogens with zero attached hydrogens (tertiary/aromatic N) is 2. The highest BCUT2D eigenvalue weighted by Crippen LogP contribution is 2.33. The van der Waals surface area contributed by atoms with Gasteiger partial charge in [-0.1, -0.05) is 17.7 Å². The number of rotatable bonds is 2. The largest absolute Gasteiger partial charge is 0.465 e. The second-order valence-electron chi connectivity index (χ2n) is 5.28. The van der Waals surface area contributed by atoms with Crippen molar-refractivity contribution in [3.63, 3.8) is 0 Å². The van der Waals surface area contributed by atoms with Gasteiger partial charge in [0, 0.05) is 18.4 Å². The van der Waals surface area contributed by atoms with Crippen LogP contribution in [0.3, 0.4) is 0 Å². The molecule has 1 aromatic heterocycles. The summed E-state index contributed by atoms with van der Waals surface area (Å²) in [5.74, 6) is 0.461. The lowest BCUT2D eigenvalue weighted by atomic mass is 9.99. The molecular formula is C17H18N2O2. The van der Waals surface area contributed by atoms with Gasteiger partial charge in [-0.3, -0.25) is 0 Å². The van der Waals surface area contributed by atoms with Gasteiger partial charge in [-0.25, -0.2) is 9.78 Å². The van der Waals surface area contributed by atoms with Crippen molar-refractivity contribution in [1.82, 2.24) is 4.98 Å². The Labute approximate surface area is 124 Å². The second-order valence-corrected chi connectivity index (χ2v) is 5.28. The van der Waals surface area contributed by atoms with E-state index in [1.807, 2.05) is 0 Å². The van der Waals surface area contributed by atoms with E-state index in [1.54, 1.807) is 18.3 Å². The number of pyridine rings is 1. The van der Waals surface area contributed by atoms with Crippen molar-refractivity contribution in [2.45, 2.75) is 19.8 Å². The molecule has 2 aromatic rings.